The van der Waals surface area contributed by atoms with E-state index >= 15 is 0 Å². The van der Waals surface area contributed by atoms with Crippen LogP contribution in [0.3, 0.4) is 0 Å². The first-order valence-electron chi connectivity index (χ1n) is 6.78. The van der Waals surface area contributed by atoms with Gasteiger partial charge < -0.3 is 10.4 Å². The van der Waals surface area contributed by atoms with Crippen LogP contribution in [0.1, 0.15) is 23.1 Å². The number of aryl methyl sites for hydroxylation is 2. The second-order valence-electron chi connectivity index (χ2n) is 5.39. The van der Waals surface area contributed by atoms with E-state index in [4.69, 9.17) is 0 Å². The molecule has 2 nitrogen and oxygen atoms in total. The summed E-state index contributed by atoms with van der Waals surface area (Å²) in [6.45, 7) is 2.20. The van der Waals surface area contributed by atoms with Crippen LogP contribution >= 0.6 is 0 Å². The first-order valence-corrected chi connectivity index (χ1v) is 6.78. The van der Waals surface area contributed by atoms with Gasteiger partial charge in [-0.05, 0) is 43.0 Å². The van der Waals surface area contributed by atoms with Crippen LogP contribution in [0.15, 0.2) is 48.5 Å². The lowest BCUT2D eigenvalue weighted by atomic mass is 9.92. The second-order valence-corrected chi connectivity index (χ2v) is 5.39. The summed E-state index contributed by atoms with van der Waals surface area (Å²) >= 11 is 0. The highest BCUT2D eigenvalue weighted by Crippen LogP contribution is 2.39. The molecule has 19 heavy (non-hydrogen) atoms. The molecule has 0 bridgehead atoms. The maximum atomic E-state index is 9.92. The maximum absolute atomic E-state index is 9.92. The zero-order valence-corrected chi connectivity index (χ0v) is 11.2. The van der Waals surface area contributed by atoms with E-state index in [1.165, 1.54) is 16.7 Å². The molecule has 0 aromatic heterocycles. The Morgan fingerprint density at radius 2 is 1.84 bits per heavy atom. The van der Waals surface area contributed by atoms with Crippen molar-refractivity contribution in [2.24, 2.45) is 0 Å². The van der Waals surface area contributed by atoms with E-state index in [2.05, 4.69) is 54.7 Å². The molecule has 0 heterocycles. The Kier molecular flexibility index (Phi) is 3.03. The lowest BCUT2D eigenvalue weighted by molar-refractivity contribution is 0.212. The fourth-order valence-electron chi connectivity index (χ4n) is 2.93. The van der Waals surface area contributed by atoms with Crippen LogP contribution in [-0.2, 0) is 12.0 Å². The van der Waals surface area contributed by atoms with Gasteiger partial charge in [0.05, 0.1) is 12.1 Å². The monoisotopic (exact) mass is 253 g/mol. The Labute approximate surface area is 114 Å². The zero-order chi connectivity index (χ0) is 13.3. The van der Waals surface area contributed by atoms with Gasteiger partial charge in [0.1, 0.15) is 0 Å². The van der Waals surface area contributed by atoms with E-state index in [0.29, 0.717) is 0 Å². The van der Waals surface area contributed by atoms with Crippen molar-refractivity contribution in [2.75, 3.05) is 11.9 Å². The predicted molar refractivity (Wildman–Crippen MR) is 78.3 cm³/mol. The molecule has 0 spiro atoms. The largest absolute Gasteiger partial charge is 0.394 e. The van der Waals surface area contributed by atoms with Crippen molar-refractivity contribution >= 4 is 5.69 Å². The van der Waals surface area contributed by atoms with Gasteiger partial charge in [-0.2, -0.15) is 0 Å². The highest BCUT2D eigenvalue weighted by atomic mass is 16.3. The lowest BCUT2D eigenvalue weighted by Gasteiger charge is -2.31. The molecular formula is C17H19NO. The number of benzene rings is 2. The molecule has 2 aromatic carbocycles. The highest BCUT2D eigenvalue weighted by Gasteiger charge is 2.37. The Balaban J connectivity index is 1.95. The van der Waals surface area contributed by atoms with E-state index in [-0.39, 0.29) is 12.1 Å². The molecule has 0 saturated carbocycles. The Hall–Kier alpha value is -1.80. The van der Waals surface area contributed by atoms with Gasteiger partial charge in [0, 0.05) is 5.69 Å². The summed E-state index contributed by atoms with van der Waals surface area (Å²) in [5, 5.41) is 13.5. The Morgan fingerprint density at radius 1 is 1.11 bits per heavy atom. The number of hydrogen-bond donors (Lipinski definition) is 2. The zero-order valence-electron chi connectivity index (χ0n) is 11.2. The second kappa shape index (κ2) is 4.71. The van der Waals surface area contributed by atoms with Gasteiger partial charge in [0.2, 0.25) is 0 Å². The number of aliphatic hydroxyl groups is 1. The van der Waals surface area contributed by atoms with Crippen LogP contribution in [0, 0.1) is 6.92 Å². The third-order valence-corrected chi connectivity index (χ3v) is 4.06. The highest BCUT2D eigenvalue weighted by molar-refractivity contribution is 5.52. The minimum absolute atomic E-state index is 0.123. The molecule has 2 heteroatoms. The molecule has 3 rings (SSSR count). The van der Waals surface area contributed by atoms with Crippen LogP contribution in [0.5, 0.6) is 0 Å². The molecule has 0 aliphatic heterocycles. The number of nitrogens with one attached hydrogen (secondary N) is 1. The normalized spacial score (nSPS) is 21.2. The molecule has 2 aromatic rings. The molecule has 0 saturated heterocycles. The van der Waals surface area contributed by atoms with Crippen LogP contribution in [0.25, 0.3) is 0 Å². The van der Waals surface area contributed by atoms with E-state index in [1.807, 2.05) is 6.07 Å². The van der Waals surface area contributed by atoms with Crippen molar-refractivity contribution in [3.05, 3.63) is 65.2 Å². The number of fused-ring (bicyclic) bond motifs is 1. The molecule has 1 atom stereocenters. The summed E-state index contributed by atoms with van der Waals surface area (Å²) in [6.07, 6.45) is 1.96. The molecule has 0 radical (unpaired) electrons. The average Bonchev–Trinajstić information content (AvgIpc) is 2.81. The Morgan fingerprint density at radius 3 is 2.58 bits per heavy atom. The standard InChI is InChI=1S/C17H19NO/c1-13-6-8-15(9-7-13)18-17(12-19)11-10-14-4-2-3-5-16(14)17/h2-9,18-19H,10-12H2,1H3. The summed E-state index contributed by atoms with van der Waals surface area (Å²) in [7, 11) is 0. The molecule has 2 N–H and O–H groups in total. The predicted octanol–water partition coefficient (Wildman–Crippen LogP) is 3.24. The third kappa shape index (κ3) is 2.13. The van der Waals surface area contributed by atoms with Gasteiger partial charge >= 0.3 is 0 Å². The van der Waals surface area contributed by atoms with Gasteiger partial charge in [-0.1, -0.05) is 42.0 Å². The van der Waals surface area contributed by atoms with E-state index in [0.717, 1.165) is 18.5 Å². The number of anilines is 1. The molecule has 1 aliphatic rings. The van der Waals surface area contributed by atoms with Crippen LogP contribution < -0.4 is 5.32 Å². The summed E-state index contributed by atoms with van der Waals surface area (Å²) < 4.78 is 0. The van der Waals surface area contributed by atoms with Crippen molar-refractivity contribution in [2.45, 2.75) is 25.3 Å². The summed E-state index contributed by atoms with van der Waals surface area (Å²) in [6, 6.07) is 16.7. The van der Waals surface area contributed by atoms with Crippen LogP contribution in [0.4, 0.5) is 5.69 Å². The summed E-state index contributed by atoms with van der Waals surface area (Å²) in [4.78, 5) is 0. The molecule has 1 unspecified atom stereocenters. The van der Waals surface area contributed by atoms with Gasteiger partial charge in [0.25, 0.3) is 0 Å². The third-order valence-electron chi connectivity index (χ3n) is 4.06. The smallest absolute Gasteiger partial charge is 0.0862 e. The minimum Gasteiger partial charge on any atom is -0.394 e. The van der Waals surface area contributed by atoms with Crippen molar-refractivity contribution in [1.82, 2.24) is 0 Å². The molecule has 0 amide bonds. The van der Waals surface area contributed by atoms with Gasteiger partial charge in [-0.3, -0.25) is 0 Å². The first-order chi connectivity index (χ1) is 9.23. The lowest BCUT2D eigenvalue weighted by Crippen LogP contribution is -2.36. The maximum Gasteiger partial charge on any atom is 0.0862 e. The van der Waals surface area contributed by atoms with Crippen molar-refractivity contribution in [1.29, 1.82) is 0 Å². The molecule has 1 aliphatic carbocycles. The van der Waals surface area contributed by atoms with E-state index < -0.39 is 0 Å². The molecule has 98 valence electrons. The summed E-state index contributed by atoms with van der Waals surface area (Å²) in [5.74, 6) is 0. The average molecular weight is 253 g/mol. The Bertz CT molecular complexity index is 576. The molecular weight excluding hydrogens is 234 g/mol. The van der Waals surface area contributed by atoms with E-state index in [9.17, 15) is 5.11 Å². The SMILES string of the molecule is Cc1ccc(NC2(CO)CCc3ccccc32)cc1. The van der Waals surface area contributed by atoms with Crippen LogP contribution in [-0.4, -0.2) is 11.7 Å². The van der Waals surface area contributed by atoms with Crippen molar-refractivity contribution < 1.29 is 5.11 Å². The van der Waals surface area contributed by atoms with E-state index in [1.54, 1.807) is 0 Å². The minimum atomic E-state index is -0.328. The van der Waals surface area contributed by atoms with Crippen molar-refractivity contribution in [3.8, 4) is 0 Å². The topological polar surface area (TPSA) is 32.3 Å². The summed E-state index contributed by atoms with van der Waals surface area (Å²) in [5.41, 5.74) is 4.56. The number of hydrogen-bond acceptors (Lipinski definition) is 2. The fourth-order valence-corrected chi connectivity index (χ4v) is 2.93. The fraction of sp³-hybridized carbons (Fsp3) is 0.294. The number of aliphatic hydroxyl groups excluding tert-OH is 1. The quantitative estimate of drug-likeness (QED) is 0.880. The number of rotatable bonds is 3. The van der Waals surface area contributed by atoms with Crippen LogP contribution in [0.2, 0.25) is 0 Å². The van der Waals surface area contributed by atoms with Gasteiger partial charge in [-0.25, -0.2) is 0 Å². The van der Waals surface area contributed by atoms with Crippen molar-refractivity contribution in [3.63, 3.8) is 0 Å². The first kappa shape index (κ1) is 12.2. The molecule has 0 fully saturated rings. The van der Waals surface area contributed by atoms with Gasteiger partial charge in [0.15, 0.2) is 0 Å². The van der Waals surface area contributed by atoms with Gasteiger partial charge in [-0.15, -0.1) is 0 Å².